The van der Waals surface area contributed by atoms with Gasteiger partial charge in [-0.1, -0.05) is 6.07 Å². The number of anilines is 1. The SMILES string of the molecule is CCN(c1ccc(CNC)cc1C(F)(F)F)C1CC1. The molecule has 1 saturated carbocycles. The Kier molecular flexibility index (Phi) is 4.04. The van der Waals surface area contributed by atoms with Crippen molar-refractivity contribution < 1.29 is 13.2 Å². The lowest BCUT2D eigenvalue weighted by atomic mass is 10.1. The summed E-state index contributed by atoms with van der Waals surface area (Å²) in [6.07, 6.45) is -2.33. The third-order valence-corrected chi connectivity index (χ3v) is 3.39. The van der Waals surface area contributed by atoms with E-state index in [1.54, 1.807) is 19.2 Å². The lowest BCUT2D eigenvalue weighted by Crippen LogP contribution is -2.28. The van der Waals surface area contributed by atoms with E-state index in [0.29, 0.717) is 24.3 Å². The molecule has 0 amide bonds. The van der Waals surface area contributed by atoms with E-state index < -0.39 is 11.7 Å². The Hall–Kier alpha value is -1.23. The number of alkyl halides is 3. The average molecular weight is 272 g/mol. The van der Waals surface area contributed by atoms with E-state index in [0.717, 1.165) is 12.8 Å². The first kappa shape index (κ1) is 14.2. The first-order valence-electron chi connectivity index (χ1n) is 6.58. The molecular formula is C14H19F3N2. The van der Waals surface area contributed by atoms with Crippen molar-refractivity contribution in [3.8, 4) is 0 Å². The lowest BCUT2D eigenvalue weighted by Gasteiger charge is -2.27. The quantitative estimate of drug-likeness (QED) is 0.883. The number of nitrogens with zero attached hydrogens (tertiary/aromatic N) is 1. The summed E-state index contributed by atoms with van der Waals surface area (Å²) >= 11 is 0. The van der Waals surface area contributed by atoms with E-state index in [2.05, 4.69) is 5.32 Å². The standard InChI is InChI=1S/C14H19F3N2/c1-3-19(11-5-6-11)13-7-4-10(9-18-2)8-12(13)14(15,16)17/h4,7-8,11,18H,3,5-6,9H2,1-2H3. The van der Waals surface area contributed by atoms with Crippen molar-refractivity contribution in [2.24, 2.45) is 0 Å². The third kappa shape index (κ3) is 3.21. The van der Waals surface area contributed by atoms with Crippen LogP contribution in [0.25, 0.3) is 0 Å². The predicted octanol–water partition coefficient (Wildman–Crippen LogP) is 3.41. The Labute approximate surface area is 111 Å². The summed E-state index contributed by atoms with van der Waals surface area (Å²) in [5.41, 5.74) is 0.455. The first-order valence-corrected chi connectivity index (χ1v) is 6.58. The van der Waals surface area contributed by atoms with Gasteiger partial charge in [-0.2, -0.15) is 13.2 Å². The highest BCUT2D eigenvalue weighted by atomic mass is 19.4. The molecule has 0 saturated heterocycles. The van der Waals surface area contributed by atoms with Crippen LogP contribution in [-0.4, -0.2) is 19.6 Å². The van der Waals surface area contributed by atoms with Crippen molar-refractivity contribution in [3.05, 3.63) is 29.3 Å². The number of hydrogen-bond donors (Lipinski definition) is 1. The van der Waals surface area contributed by atoms with Gasteiger partial charge in [0.2, 0.25) is 0 Å². The minimum atomic E-state index is -4.30. The molecule has 1 fully saturated rings. The van der Waals surface area contributed by atoms with Crippen molar-refractivity contribution in [2.45, 2.75) is 38.5 Å². The van der Waals surface area contributed by atoms with E-state index in [9.17, 15) is 13.2 Å². The minimum Gasteiger partial charge on any atom is -0.368 e. The second kappa shape index (κ2) is 5.41. The molecule has 0 spiro atoms. The molecule has 1 aromatic carbocycles. The van der Waals surface area contributed by atoms with E-state index in [1.165, 1.54) is 6.07 Å². The number of halogens is 3. The second-order valence-corrected chi connectivity index (χ2v) is 4.90. The van der Waals surface area contributed by atoms with Crippen molar-refractivity contribution in [1.82, 2.24) is 5.32 Å². The minimum absolute atomic E-state index is 0.279. The molecule has 0 aliphatic heterocycles. The second-order valence-electron chi connectivity index (χ2n) is 4.90. The summed E-state index contributed by atoms with van der Waals surface area (Å²) in [6, 6.07) is 4.92. The van der Waals surface area contributed by atoms with Crippen molar-refractivity contribution in [3.63, 3.8) is 0 Å². The first-order chi connectivity index (χ1) is 8.97. The van der Waals surface area contributed by atoms with Crippen molar-refractivity contribution in [2.75, 3.05) is 18.5 Å². The van der Waals surface area contributed by atoms with Gasteiger partial charge in [-0.25, -0.2) is 0 Å². The van der Waals surface area contributed by atoms with Gasteiger partial charge in [0.25, 0.3) is 0 Å². The zero-order valence-electron chi connectivity index (χ0n) is 11.2. The van der Waals surface area contributed by atoms with Gasteiger partial charge < -0.3 is 10.2 Å². The van der Waals surface area contributed by atoms with Crippen molar-refractivity contribution in [1.29, 1.82) is 0 Å². The molecule has 0 bridgehead atoms. The van der Waals surface area contributed by atoms with E-state index in [1.807, 2.05) is 11.8 Å². The van der Waals surface area contributed by atoms with Crippen LogP contribution in [0.15, 0.2) is 18.2 Å². The van der Waals surface area contributed by atoms with E-state index in [-0.39, 0.29) is 6.04 Å². The molecule has 1 N–H and O–H groups in total. The fourth-order valence-electron chi connectivity index (χ4n) is 2.39. The maximum atomic E-state index is 13.2. The molecule has 0 atom stereocenters. The van der Waals surface area contributed by atoms with E-state index >= 15 is 0 Å². The number of rotatable bonds is 5. The summed E-state index contributed by atoms with van der Waals surface area (Å²) in [7, 11) is 1.73. The maximum Gasteiger partial charge on any atom is 0.418 e. The van der Waals surface area contributed by atoms with Crippen LogP contribution in [0.3, 0.4) is 0 Å². The van der Waals surface area contributed by atoms with Gasteiger partial charge in [0.05, 0.1) is 5.56 Å². The molecule has 2 nitrogen and oxygen atoms in total. The average Bonchev–Trinajstić information content (AvgIpc) is 3.15. The van der Waals surface area contributed by atoms with Crippen LogP contribution in [-0.2, 0) is 12.7 Å². The largest absolute Gasteiger partial charge is 0.418 e. The molecule has 5 heteroatoms. The van der Waals surface area contributed by atoms with Crippen LogP contribution < -0.4 is 10.2 Å². The Balaban J connectivity index is 2.40. The number of nitrogens with one attached hydrogen (secondary N) is 1. The van der Waals surface area contributed by atoms with Gasteiger partial charge in [0, 0.05) is 24.8 Å². The van der Waals surface area contributed by atoms with Crippen LogP contribution in [0.5, 0.6) is 0 Å². The molecule has 19 heavy (non-hydrogen) atoms. The summed E-state index contributed by atoms with van der Waals surface area (Å²) < 4.78 is 39.6. The normalized spacial score (nSPS) is 15.6. The highest BCUT2D eigenvalue weighted by molar-refractivity contribution is 5.58. The molecule has 2 rings (SSSR count). The Morgan fingerprint density at radius 2 is 2.00 bits per heavy atom. The molecule has 1 aliphatic carbocycles. The fraction of sp³-hybridized carbons (Fsp3) is 0.571. The zero-order chi connectivity index (χ0) is 14.0. The summed E-state index contributed by atoms with van der Waals surface area (Å²) in [5, 5.41) is 2.88. The van der Waals surface area contributed by atoms with Gasteiger partial charge in [0.15, 0.2) is 0 Å². The fourth-order valence-corrected chi connectivity index (χ4v) is 2.39. The predicted molar refractivity (Wildman–Crippen MR) is 70.2 cm³/mol. The van der Waals surface area contributed by atoms with Gasteiger partial charge in [0.1, 0.15) is 0 Å². The molecule has 0 radical (unpaired) electrons. The molecule has 1 aliphatic rings. The highest BCUT2D eigenvalue weighted by Crippen LogP contribution is 2.41. The number of hydrogen-bond acceptors (Lipinski definition) is 2. The summed E-state index contributed by atoms with van der Waals surface area (Å²) in [4.78, 5) is 1.87. The summed E-state index contributed by atoms with van der Waals surface area (Å²) in [5.74, 6) is 0. The van der Waals surface area contributed by atoms with Crippen LogP contribution in [0.4, 0.5) is 18.9 Å². The van der Waals surface area contributed by atoms with Gasteiger partial charge in [-0.05, 0) is 44.5 Å². The van der Waals surface area contributed by atoms with Crippen LogP contribution in [0, 0.1) is 0 Å². The zero-order valence-corrected chi connectivity index (χ0v) is 11.2. The van der Waals surface area contributed by atoms with E-state index in [4.69, 9.17) is 0 Å². The van der Waals surface area contributed by atoms with Gasteiger partial charge >= 0.3 is 6.18 Å². The molecule has 0 unspecified atom stereocenters. The smallest absolute Gasteiger partial charge is 0.368 e. The topological polar surface area (TPSA) is 15.3 Å². The Morgan fingerprint density at radius 3 is 2.47 bits per heavy atom. The molecule has 0 heterocycles. The Morgan fingerprint density at radius 1 is 1.32 bits per heavy atom. The monoisotopic (exact) mass is 272 g/mol. The summed E-state index contributed by atoms with van der Waals surface area (Å²) in [6.45, 7) is 2.96. The van der Waals surface area contributed by atoms with Gasteiger partial charge in [-0.3, -0.25) is 0 Å². The van der Waals surface area contributed by atoms with Crippen LogP contribution in [0.2, 0.25) is 0 Å². The van der Waals surface area contributed by atoms with Crippen LogP contribution in [0.1, 0.15) is 30.9 Å². The van der Waals surface area contributed by atoms with Crippen LogP contribution >= 0.6 is 0 Å². The van der Waals surface area contributed by atoms with Crippen molar-refractivity contribution >= 4 is 5.69 Å². The third-order valence-electron chi connectivity index (χ3n) is 3.39. The molecular weight excluding hydrogens is 253 g/mol. The molecule has 1 aromatic rings. The molecule has 106 valence electrons. The number of benzene rings is 1. The lowest BCUT2D eigenvalue weighted by molar-refractivity contribution is -0.137. The molecule has 0 aromatic heterocycles. The Bertz CT molecular complexity index is 439. The highest BCUT2D eigenvalue weighted by Gasteiger charge is 2.38. The van der Waals surface area contributed by atoms with Gasteiger partial charge in [-0.15, -0.1) is 0 Å². The maximum absolute atomic E-state index is 13.2.